The number of hydrogen-bond acceptors (Lipinski definition) is 4. The Bertz CT molecular complexity index is 737. The van der Waals surface area contributed by atoms with Crippen molar-refractivity contribution in [2.45, 2.75) is 45.8 Å². The Labute approximate surface area is 166 Å². The van der Waals surface area contributed by atoms with Crippen LogP contribution in [0, 0.1) is 0 Å². The van der Waals surface area contributed by atoms with Gasteiger partial charge in [0.2, 0.25) is 11.8 Å². The maximum Gasteiger partial charge on any atom is 0.412 e. The molecule has 152 valence electrons. The molecule has 1 fully saturated rings. The fraction of sp³-hybridized carbons (Fsp3) is 0.476. The van der Waals surface area contributed by atoms with Crippen LogP contribution in [0.1, 0.15) is 33.3 Å². The molecular formula is C21H29N3O4. The third-order valence-corrected chi connectivity index (χ3v) is 4.39. The van der Waals surface area contributed by atoms with Crippen molar-refractivity contribution >= 4 is 23.6 Å². The van der Waals surface area contributed by atoms with E-state index in [9.17, 15) is 14.4 Å². The zero-order chi connectivity index (χ0) is 20.9. The van der Waals surface area contributed by atoms with Crippen molar-refractivity contribution in [2.24, 2.45) is 0 Å². The van der Waals surface area contributed by atoms with Crippen molar-refractivity contribution < 1.29 is 19.1 Å². The normalized spacial score (nSPS) is 17.1. The highest BCUT2D eigenvalue weighted by atomic mass is 16.6. The molecule has 1 aliphatic heterocycles. The average molecular weight is 387 g/mol. The molecule has 1 atom stereocenters. The summed E-state index contributed by atoms with van der Waals surface area (Å²) in [6.07, 6.45) is 1.06. The van der Waals surface area contributed by atoms with Crippen molar-refractivity contribution in [3.8, 4) is 0 Å². The van der Waals surface area contributed by atoms with Gasteiger partial charge in [0.25, 0.3) is 0 Å². The lowest BCUT2D eigenvalue weighted by Gasteiger charge is -2.39. The quantitative estimate of drug-likeness (QED) is 0.806. The Balaban J connectivity index is 1.90. The number of benzene rings is 1. The van der Waals surface area contributed by atoms with E-state index < -0.39 is 11.7 Å². The van der Waals surface area contributed by atoms with Gasteiger partial charge in [0.15, 0.2) is 0 Å². The molecule has 7 heteroatoms. The summed E-state index contributed by atoms with van der Waals surface area (Å²) in [7, 11) is 0. The van der Waals surface area contributed by atoms with Crippen molar-refractivity contribution in [1.29, 1.82) is 0 Å². The predicted octanol–water partition coefficient (Wildman–Crippen LogP) is 2.82. The van der Waals surface area contributed by atoms with Crippen molar-refractivity contribution in [2.75, 3.05) is 25.0 Å². The van der Waals surface area contributed by atoms with Crippen LogP contribution in [0.3, 0.4) is 0 Å². The molecule has 0 radical (unpaired) electrons. The summed E-state index contributed by atoms with van der Waals surface area (Å²) >= 11 is 0. The van der Waals surface area contributed by atoms with E-state index in [1.165, 1.54) is 6.08 Å². The molecule has 1 aromatic rings. The molecule has 0 saturated carbocycles. The van der Waals surface area contributed by atoms with Gasteiger partial charge in [-0.05, 0) is 51.5 Å². The standard InChI is InChI=1S/C21H29N3O4/c1-6-18(25)23-11-12-24(15(2)14-23)19(26)13-16-7-9-17(10-8-16)22-20(27)28-21(3,4)5/h6-10,15H,1,11-14H2,2-5H3,(H,22,27)/t15-/m0/s1. The third-order valence-electron chi connectivity index (χ3n) is 4.39. The van der Waals surface area contributed by atoms with Crippen LogP contribution in [0.5, 0.6) is 0 Å². The van der Waals surface area contributed by atoms with Crippen LogP contribution in [0.25, 0.3) is 0 Å². The molecule has 1 aliphatic rings. The molecule has 1 aromatic carbocycles. The number of amides is 3. The molecule has 0 spiro atoms. The van der Waals surface area contributed by atoms with Gasteiger partial charge in [0, 0.05) is 31.4 Å². The molecule has 7 nitrogen and oxygen atoms in total. The minimum atomic E-state index is -0.562. The lowest BCUT2D eigenvalue weighted by Crippen LogP contribution is -2.55. The lowest BCUT2D eigenvalue weighted by atomic mass is 10.1. The molecule has 0 unspecified atom stereocenters. The summed E-state index contributed by atoms with van der Waals surface area (Å²) < 4.78 is 5.22. The Morgan fingerprint density at radius 1 is 1.21 bits per heavy atom. The number of ether oxygens (including phenoxy) is 1. The first-order valence-corrected chi connectivity index (χ1v) is 9.39. The molecule has 28 heavy (non-hydrogen) atoms. The zero-order valence-electron chi connectivity index (χ0n) is 17.0. The van der Waals surface area contributed by atoms with E-state index in [4.69, 9.17) is 4.74 Å². The first-order chi connectivity index (χ1) is 13.1. The minimum Gasteiger partial charge on any atom is -0.444 e. The van der Waals surface area contributed by atoms with Gasteiger partial charge in [-0.2, -0.15) is 0 Å². The van der Waals surface area contributed by atoms with Crippen LogP contribution in [0.2, 0.25) is 0 Å². The maximum absolute atomic E-state index is 12.7. The van der Waals surface area contributed by atoms with Gasteiger partial charge in [0.05, 0.1) is 6.42 Å². The minimum absolute atomic E-state index is 0.0195. The van der Waals surface area contributed by atoms with E-state index in [1.54, 1.807) is 42.7 Å². The number of nitrogens with zero attached hydrogens (tertiary/aromatic N) is 2. The molecule has 2 rings (SSSR count). The van der Waals surface area contributed by atoms with E-state index >= 15 is 0 Å². The summed E-state index contributed by atoms with van der Waals surface area (Å²) in [5.74, 6) is -0.0851. The van der Waals surface area contributed by atoms with E-state index in [0.29, 0.717) is 25.3 Å². The van der Waals surface area contributed by atoms with Gasteiger partial charge < -0.3 is 14.5 Å². The summed E-state index contributed by atoms with van der Waals surface area (Å²) in [6, 6.07) is 7.07. The first-order valence-electron chi connectivity index (χ1n) is 9.39. The summed E-state index contributed by atoms with van der Waals surface area (Å²) in [5.41, 5.74) is 0.903. The fourth-order valence-electron chi connectivity index (χ4n) is 3.06. The van der Waals surface area contributed by atoms with E-state index in [2.05, 4.69) is 11.9 Å². The van der Waals surface area contributed by atoms with E-state index in [1.807, 2.05) is 19.1 Å². The Hall–Kier alpha value is -2.83. The third kappa shape index (κ3) is 6.11. The van der Waals surface area contributed by atoms with Gasteiger partial charge >= 0.3 is 6.09 Å². The molecular weight excluding hydrogens is 358 g/mol. The first kappa shape index (κ1) is 21.5. The second kappa shape index (κ2) is 8.91. The largest absolute Gasteiger partial charge is 0.444 e. The predicted molar refractivity (Wildman–Crippen MR) is 108 cm³/mol. The van der Waals surface area contributed by atoms with Crippen LogP contribution in [0.15, 0.2) is 36.9 Å². The summed E-state index contributed by atoms with van der Waals surface area (Å²) in [6.45, 7) is 12.4. The molecule has 3 amide bonds. The Morgan fingerprint density at radius 3 is 2.39 bits per heavy atom. The highest BCUT2D eigenvalue weighted by molar-refractivity contribution is 5.87. The maximum atomic E-state index is 12.7. The molecule has 1 N–H and O–H groups in total. The second-order valence-corrected chi connectivity index (χ2v) is 7.93. The summed E-state index contributed by atoms with van der Waals surface area (Å²) in [5, 5.41) is 2.67. The molecule has 0 bridgehead atoms. The van der Waals surface area contributed by atoms with Gasteiger partial charge in [-0.25, -0.2) is 4.79 Å². The van der Waals surface area contributed by atoms with Crippen molar-refractivity contribution in [3.63, 3.8) is 0 Å². The van der Waals surface area contributed by atoms with Crippen molar-refractivity contribution in [3.05, 3.63) is 42.5 Å². The van der Waals surface area contributed by atoms with Crippen LogP contribution >= 0.6 is 0 Å². The molecule has 0 aliphatic carbocycles. The molecule has 1 heterocycles. The highest BCUT2D eigenvalue weighted by Crippen LogP contribution is 2.16. The number of carbonyl (C=O) groups is 3. The monoisotopic (exact) mass is 387 g/mol. The Morgan fingerprint density at radius 2 is 1.86 bits per heavy atom. The van der Waals surface area contributed by atoms with Gasteiger partial charge in [-0.1, -0.05) is 18.7 Å². The molecule has 0 aromatic heterocycles. The van der Waals surface area contributed by atoms with E-state index in [0.717, 1.165) is 5.56 Å². The highest BCUT2D eigenvalue weighted by Gasteiger charge is 2.28. The topological polar surface area (TPSA) is 79.0 Å². The molecule has 1 saturated heterocycles. The number of carbonyl (C=O) groups excluding carboxylic acids is 3. The van der Waals surface area contributed by atoms with Crippen LogP contribution in [0.4, 0.5) is 10.5 Å². The smallest absolute Gasteiger partial charge is 0.412 e. The average Bonchev–Trinajstić information content (AvgIpc) is 2.60. The zero-order valence-corrected chi connectivity index (χ0v) is 17.0. The Kier molecular flexibility index (Phi) is 6.83. The fourth-order valence-corrected chi connectivity index (χ4v) is 3.06. The van der Waals surface area contributed by atoms with Crippen LogP contribution in [-0.2, 0) is 20.7 Å². The van der Waals surface area contributed by atoms with Gasteiger partial charge in [-0.15, -0.1) is 0 Å². The number of nitrogens with one attached hydrogen (secondary N) is 1. The van der Waals surface area contributed by atoms with Crippen molar-refractivity contribution in [1.82, 2.24) is 9.80 Å². The second-order valence-electron chi connectivity index (χ2n) is 7.93. The lowest BCUT2D eigenvalue weighted by molar-refractivity contribution is -0.139. The SMILES string of the molecule is C=CC(=O)N1CCN(C(=O)Cc2ccc(NC(=O)OC(C)(C)C)cc2)[C@@H](C)C1. The van der Waals surface area contributed by atoms with E-state index in [-0.39, 0.29) is 24.3 Å². The number of anilines is 1. The van der Waals surface area contributed by atoms with Crippen LogP contribution < -0.4 is 5.32 Å². The number of piperazine rings is 1. The van der Waals surface area contributed by atoms with Gasteiger partial charge in [0.1, 0.15) is 5.60 Å². The summed E-state index contributed by atoms with van der Waals surface area (Å²) in [4.78, 5) is 39.7. The van der Waals surface area contributed by atoms with Gasteiger partial charge in [-0.3, -0.25) is 14.9 Å². The van der Waals surface area contributed by atoms with Crippen LogP contribution in [-0.4, -0.2) is 59.0 Å². The number of hydrogen-bond donors (Lipinski definition) is 1. The number of rotatable bonds is 4.